The van der Waals surface area contributed by atoms with Gasteiger partial charge in [0.05, 0.1) is 5.69 Å². The van der Waals surface area contributed by atoms with E-state index in [1.54, 1.807) is 11.3 Å². The molecule has 0 bridgehead atoms. The van der Waals surface area contributed by atoms with Crippen LogP contribution in [0.1, 0.15) is 18.7 Å². The van der Waals surface area contributed by atoms with Gasteiger partial charge in [0.1, 0.15) is 0 Å². The summed E-state index contributed by atoms with van der Waals surface area (Å²) in [7, 11) is 3.95. The molecule has 0 unspecified atom stereocenters. The van der Waals surface area contributed by atoms with Crippen molar-refractivity contribution in [2.24, 2.45) is 5.73 Å². The van der Waals surface area contributed by atoms with E-state index >= 15 is 0 Å². The first-order valence-electron chi connectivity index (χ1n) is 3.49. The maximum absolute atomic E-state index is 5.65. The van der Waals surface area contributed by atoms with Gasteiger partial charge in [-0.1, -0.05) is 0 Å². The molecule has 1 rings (SSSR count). The third kappa shape index (κ3) is 1.91. The van der Waals surface area contributed by atoms with E-state index in [1.165, 1.54) is 0 Å². The lowest BCUT2D eigenvalue weighted by Crippen LogP contribution is -2.10. The number of nitrogens with zero attached hydrogens (tertiary/aromatic N) is 2. The van der Waals surface area contributed by atoms with E-state index in [0.717, 1.165) is 10.8 Å². The molecule has 1 aromatic rings. The average molecular weight is 171 g/mol. The Labute approximate surface area is 70.9 Å². The maximum Gasteiger partial charge on any atom is 0.185 e. The molecule has 0 spiro atoms. The summed E-state index contributed by atoms with van der Waals surface area (Å²) in [6.07, 6.45) is 0. The lowest BCUT2D eigenvalue weighted by atomic mass is 10.3. The minimum absolute atomic E-state index is 0.0416. The van der Waals surface area contributed by atoms with Crippen LogP contribution in [-0.2, 0) is 0 Å². The molecule has 0 radical (unpaired) electrons. The molecule has 3 nitrogen and oxygen atoms in total. The molecule has 0 saturated carbocycles. The van der Waals surface area contributed by atoms with Gasteiger partial charge in [0.15, 0.2) is 5.13 Å². The molecule has 2 N–H and O–H groups in total. The summed E-state index contributed by atoms with van der Waals surface area (Å²) in [5, 5.41) is 3.01. The van der Waals surface area contributed by atoms with Crippen molar-refractivity contribution in [3.8, 4) is 0 Å². The van der Waals surface area contributed by atoms with Gasteiger partial charge in [0, 0.05) is 25.5 Å². The van der Waals surface area contributed by atoms with Crippen LogP contribution in [0.4, 0.5) is 5.13 Å². The van der Waals surface area contributed by atoms with Crippen LogP contribution in [0.2, 0.25) is 0 Å². The maximum atomic E-state index is 5.65. The molecule has 0 aliphatic rings. The Balaban J connectivity index is 2.82. The quantitative estimate of drug-likeness (QED) is 0.727. The molecule has 11 heavy (non-hydrogen) atoms. The van der Waals surface area contributed by atoms with Gasteiger partial charge in [-0.25, -0.2) is 4.98 Å². The van der Waals surface area contributed by atoms with Gasteiger partial charge in [0.2, 0.25) is 0 Å². The molecule has 0 aliphatic carbocycles. The van der Waals surface area contributed by atoms with Crippen LogP contribution in [0.3, 0.4) is 0 Å². The first-order chi connectivity index (χ1) is 5.11. The molecule has 4 heteroatoms. The topological polar surface area (TPSA) is 42.1 Å². The number of thiazole rings is 1. The first-order valence-corrected chi connectivity index (χ1v) is 4.37. The van der Waals surface area contributed by atoms with E-state index in [2.05, 4.69) is 4.98 Å². The fraction of sp³-hybridized carbons (Fsp3) is 0.571. The lowest BCUT2D eigenvalue weighted by molar-refractivity contribution is 0.788. The van der Waals surface area contributed by atoms with Crippen molar-refractivity contribution in [3.63, 3.8) is 0 Å². The van der Waals surface area contributed by atoms with Crippen molar-refractivity contribution in [1.29, 1.82) is 0 Å². The van der Waals surface area contributed by atoms with Crippen molar-refractivity contribution >= 4 is 16.5 Å². The highest BCUT2D eigenvalue weighted by Gasteiger charge is 2.05. The van der Waals surface area contributed by atoms with Gasteiger partial charge in [-0.2, -0.15) is 0 Å². The normalized spacial score (nSPS) is 13.1. The van der Waals surface area contributed by atoms with Gasteiger partial charge < -0.3 is 10.6 Å². The van der Waals surface area contributed by atoms with Crippen LogP contribution in [0, 0.1) is 0 Å². The van der Waals surface area contributed by atoms with Crippen molar-refractivity contribution in [2.75, 3.05) is 19.0 Å². The summed E-state index contributed by atoms with van der Waals surface area (Å²) >= 11 is 1.62. The summed E-state index contributed by atoms with van der Waals surface area (Å²) in [5.41, 5.74) is 6.62. The van der Waals surface area contributed by atoms with E-state index in [1.807, 2.05) is 31.3 Å². The Hall–Kier alpha value is -0.610. The molecule has 1 atom stereocenters. The fourth-order valence-corrected chi connectivity index (χ4v) is 1.55. The minimum Gasteiger partial charge on any atom is -0.354 e. The second-order valence-electron chi connectivity index (χ2n) is 2.74. The molecule has 0 aromatic carbocycles. The highest BCUT2D eigenvalue weighted by atomic mass is 32.1. The zero-order chi connectivity index (χ0) is 8.43. The third-order valence-electron chi connectivity index (χ3n) is 1.36. The van der Waals surface area contributed by atoms with E-state index in [-0.39, 0.29) is 6.04 Å². The fourth-order valence-electron chi connectivity index (χ4n) is 0.691. The number of hydrogen-bond acceptors (Lipinski definition) is 4. The summed E-state index contributed by atoms with van der Waals surface area (Å²) in [5.74, 6) is 0. The molecule has 0 amide bonds. The number of hydrogen-bond donors (Lipinski definition) is 1. The molecule has 1 heterocycles. The monoisotopic (exact) mass is 171 g/mol. The average Bonchev–Trinajstić information content (AvgIpc) is 2.33. The Morgan fingerprint density at radius 1 is 1.64 bits per heavy atom. The van der Waals surface area contributed by atoms with Gasteiger partial charge >= 0.3 is 0 Å². The molecule has 0 saturated heterocycles. The van der Waals surface area contributed by atoms with Crippen molar-refractivity contribution in [1.82, 2.24) is 4.98 Å². The standard InChI is InChI=1S/C7H13N3S/c1-5(8)6-4-11-7(9-6)10(2)3/h4-5H,8H2,1-3H3/t5-/m1/s1. The highest BCUT2D eigenvalue weighted by molar-refractivity contribution is 7.13. The summed E-state index contributed by atoms with van der Waals surface area (Å²) < 4.78 is 0. The van der Waals surface area contributed by atoms with Gasteiger partial charge in [-0.05, 0) is 6.92 Å². The summed E-state index contributed by atoms with van der Waals surface area (Å²) in [4.78, 5) is 6.31. The van der Waals surface area contributed by atoms with Gasteiger partial charge in [0.25, 0.3) is 0 Å². The van der Waals surface area contributed by atoms with E-state index in [4.69, 9.17) is 5.73 Å². The van der Waals surface area contributed by atoms with Crippen LogP contribution in [0.15, 0.2) is 5.38 Å². The van der Waals surface area contributed by atoms with E-state index in [9.17, 15) is 0 Å². The summed E-state index contributed by atoms with van der Waals surface area (Å²) in [6.45, 7) is 1.94. The Kier molecular flexibility index (Phi) is 2.46. The van der Waals surface area contributed by atoms with Crippen LogP contribution < -0.4 is 10.6 Å². The van der Waals surface area contributed by atoms with Gasteiger partial charge in [-0.3, -0.25) is 0 Å². The van der Waals surface area contributed by atoms with Crippen LogP contribution >= 0.6 is 11.3 Å². The SMILES string of the molecule is C[C@@H](N)c1csc(N(C)C)n1. The number of rotatable bonds is 2. The first kappa shape index (κ1) is 8.49. The molecule has 62 valence electrons. The van der Waals surface area contributed by atoms with Crippen LogP contribution in [-0.4, -0.2) is 19.1 Å². The lowest BCUT2D eigenvalue weighted by Gasteiger charge is -2.05. The van der Waals surface area contributed by atoms with Crippen LogP contribution in [0.5, 0.6) is 0 Å². The highest BCUT2D eigenvalue weighted by Crippen LogP contribution is 2.20. The van der Waals surface area contributed by atoms with E-state index < -0.39 is 0 Å². The Bertz CT molecular complexity index is 207. The predicted octanol–water partition coefficient (Wildman–Crippen LogP) is 1.23. The van der Waals surface area contributed by atoms with Gasteiger partial charge in [-0.15, -0.1) is 11.3 Å². The zero-order valence-corrected chi connectivity index (χ0v) is 7.85. The third-order valence-corrected chi connectivity index (χ3v) is 2.39. The zero-order valence-electron chi connectivity index (χ0n) is 7.03. The van der Waals surface area contributed by atoms with E-state index in [0.29, 0.717) is 0 Å². The van der Waals surface area contributed by atoms with Crippen molar-refractivity contribution in [2.45, 2.75) is 13.0 Å². The Morgan fingerprint density at radius 2 is 2.27 bits per heavy atom. The molecule has 0 aliphatic heterocycles. The number of nitrogens with two attached hydrogens (primary N) is 1. The molecule has 1 aromatic heterocycles. The number of anilines is 1. The van der Waals surface area contributed by atoms with Crippen LogP contribution in [0.25, 0.3) is 0 Å². The smallest absolute Gasteiger partial charge is 0.185 e. The largest absolute Gasteiger partial charge is 0.354 e. The molecular formula is C7H13N3S. The number of aromatic nitrogens is 1. The second kappa shape index (κ2) is 3.19. The van der Waals surface area contributed by atoms with Crippen molar-refractivity contribution < 1.29 is 0 Å². The molecule has 0 fully saturated rings. The Morgan fingerprint density at radius 3 is 2.55 bits per heavy atom. The second-order valence-corrected chi connectivity index (χ2v) is 3.57. The predicted molar refractivity (Wildman–Crippen MR) is 49.0 cm³/mol. The minimum atomic E-state index is 0.0416. The summed E-state index contributed by atoms with van der Waals surface area (Å²) in [6, 6.07) is 0.0416. The van der Waals surface area contributed by atoms with Crippen molar-refractivity contribution in [3.05, 3.63) is 11.1 Å². The molecular weight excluding hydrogens is 158 g/mol.